The summed E-state index contributed by atoms with van der Waals surface area (Å²) in [5.41, 5.74) is 2.84. The number of para-hydroxylation sites is 1. The maximum atomic E-state index is 12.2. The van der Waals surface area contributed by atoms with E-state index in [0.29, 0.717) is 32.0 Å². The monoisotopic (exact) mass is 325 g/mol. The van der Waals surface area contributed by atoms with Crippen molar-refractivity contribution in [2.45, 2.75) is 19.3 Å². The maximum absolute atomic E-state index is 12.2. The lowest BCUT2D eigenvalue weighted by Gasteiger charge is -2.29. The van der Waals surface area contributed by atoms with Crippen molar-refractivity contribution in [2.24, 2.45) is 0 Å². The average molecular weight is 325 g/mol. The summed E-state index contributed by atoms with van der Waals surface area (Å²) >= 11 is 0. The van der Waals surface area contributed by atoms with Gasteiger partial charge in [-0.15, -0.1) is 0 Å². The molecule has 0 spiro atoms. The first-order valence-corrected chi connectivity index (χ1v) is 8.21. The van der Waals surface area contributed by atoms with Crippen LogP contribution in [0.3, 0.4) is 0 Å². The van der Waals surface area contributed by atoms with Crippen LogP contribution >= 0.6 is 0 Å². The molecule has 2 aliphatic rings. The Morgan fingerprint density at radius 2 is 1.88 bits per heavy atom. The molecule has 0 fully saturated rings. The molecule has 0 unspecified atom stereocenters. The molecular formula is C19H19NO4. The van der Waals surface area contributed by atoms with E-state index in [2.05, 4.69) is 5.32 Å². The number of carbonyl (C=O) groups is 1. The van der Waals surface area contributed by atoms with E-state index in [1.54, 1.807) is 0 Å². The zero-order valence-electron chi connectivity index (χ0n) is 13.5. The standard InChI is InChI=1S/C19H19NO4/c1-2-22-16-6-4-3-5-12(16)13-10-19(21)20-15-11-18-17(9-14(13)15)23-7-8-24-18/h3-6,9,11,13H,2,7-8,10H2,1H3,(H,20,21)/t13-/m0/s1. The molecule has 0 saturated carbocycles. The molecule has 0 aliphatic carbocycles. The Labute approximate surface area is 140 Å². The average Bonchev–Trinajstić information content (AvgIpc) is 2.60. The molecule has 1 amide bonds. The molecule has 2 heterocycles. The molecule has 1 atom stereocenters. The van der Waals surface area contributed by atoms with Crippen molar-refractivity contribution >= 4 is 11.6 Å². The van der Waals surface area contributed by atoms with E-state index in [-0.39, 0.29) is 11.8 Å². The number of fused-ring (bicyclic) bond motifs is 2. The summed E-state index contributed by atoms with van der Waals surface area (Å²) in [7, 11) is 0. The number of ether oxygens (including phenoxy) is 3. The van der Waals surface area contributed by atoms with Crippen LogP contribution < -0.4 is 19.5 Å². The number of rotatable bonds is 3. The molecule has 1 N–H and O–H groups in total. The quantitative estimate of drug-likeness (QED) is 0.940. The predicted octanol–water partition coefficient (Wildman–Crippen LogP) is 3.33. The van der Waals surface area contributed by atoms with Gasteiger partial charge in [0.15, 0.2) is 11.5 Å². The Morgan fingerprint density at radius 1 is 1.12 bits per heavy atom. The van der Waals surface area contributed by atoms with Gasteiger partial charge in [-0.05, 0) is 24.6 Å². The molecule has 5 heteroatoms. The van der Waals surface area contributed by atoms with Crippen LogP contribution in [-0.2, 0) is 4.79 Å². The smallest absolute Gasteiger partial charge is 0.225 e. The lowest BCUT2D eigenvalue weighted by molar-refractivity contribution is -0.116. The van der Waals surface area contributed by atoms with Crippen LogP contribution in [0.1, 0.15) is 30.4 Å². The highest BCUT2D eigenvalue weighted by Crippen LogP contribution is 2.45. The van der Waals surface area contributed by atoms with Crippen molar-refractivity contribution in [3.63, 3.8) is 0 Å². The highest BCUT2D eigenvalue weighted by Gasteiger charge is 2.30. The molecule has 0 saturated heterocycles. The molecule has 2 aliphatic heterocycles. The van der Waals surface area contributed by atoms with Gasteiger partial charge in [0.1, 0.15) is 19.0 Å². The van der Waals surface area contributed by atoms with Crippen molar-refractivity contribution < 1.29 is 19.0 Å². The molecule has 5 nitrogen and oxygen atoms in total. The van der Waals surface area contributed by atoms with Crippen LogP contribution in [0.25, 0.3) is 0 Å². The van der Waals surface area contributed by atoms with Gasteiger partial charge in [-0.25, -0.2) is 0 Å². The van der Waals surface area contributed by atoms with Crippen molar-refractivity contribution in [3.8, 4) is 17.2 Å². The van der Waals surface area contributed by atoms with Crippen molar-refractivity contribution in [1.82, 2.24) is 0 Å². The Morgan fingerprint density at radius 3 is 2.67 bits per heavy atom. The van der Waals surface area contributed by atoms with Gasteiger partial charge in [0.05, 0.1) is 6.61 Å². The molecule has 0 radical (unpaired) electrons. The van der Waals surface area contributed by atoms with E-state index in [9.17, 15) is 4.79 Å². The van der Waals surface area contributed by atoms with E-state index in [0.717, 1.165) is 28.3 Å². The lowest BCUT2D eigenvalue weighted by Crippen LogP contribution is -2.25. The fourth-order valence-electron chi connectivity index (χ4n) is 3.33. The number of benzene rings is 2. The number of amides is 1. The summed E-state index contributed by atoms with van der Waals surface area (Å²) < 4.78 is 17.1. The third kappa shape index (κ3) is 2.56. The Hall–Kier alpha value is -2.69. The van der Waals surface area contributed by atoms with Gasteiger partial charge in [-0.3, -0.25) is 4.79 Å². The summed E-state index contributed by atoms with van der Waals surface area (Å²) in [6.07, 6.45) is 0.386. The molecule has 4 rings (SSSR count). The summed E-state index contributed by atoms with van der Waals surface area (Å²) in [6.45, 7) is 3.61. The van der Waals surface area contributed by atoms with Gasteiger partial charge in [0.2, 0.25) is 5.91 Å². The predicted molar refractivity (Wildman–Crippen MR) is 90.1 cm³/mol. The minimum atomic E-state index is -0.0627. The molecule has 0 bridgehead atoms. The first-order chi connectivity index (χ1) is 11.8. The van der Waals surface area contributed by atoms with Crippen LogP contribution in [0.15, 0.2) is 36.4 Å². The van der Waals surface area contributed by atoms with Crippen LogP contribution in [0, 0.1) is 0 Å². The lowest BCUT2D eigenvalue weighted by atomic mass is 9.84. The first kappa shape index (κ1) is 14.9. The minimum absolute atomic E-state index is 0.00419. The summed E-state index contributed by atoms with van der Waals surface area (Å²) in [4.78, 5) is 12.2. The molecule has 24 heavy (non-hydrogen) atoms. The Balaban J connectivity index is 1.82. The second-order valence-corrected chi connectivity index (χ2v) is 5.86. The minimum Gasteiger partial charge on any atom is -0.494 e. The van der Waals surface area contributed by atoms with Crippen molar-refractivity contribution in [1.29, 1.82) is 0 Å². The normalized spacial score (nSPS) is 18.5. The second kappa shape index (κ2) is 6.07. The third-order valence-electron chi connectivity index (χ3n) is 4.35. The topological polar surface area (TPSA) is 56.8 Å². The van der Waals surface area contributed by atoms with Gasteiger partial charge in [0.25, 0.3) is 0 Å². The van der Waals surface area contributed by atoms with Gasteiger partial charge >= 0.3 is 0 Å². The van der Waals surface area contributed by atoms with E-state index in [1.165, 1.54) is 0 Å². The summed E-state index contributed by atoms with van der Waals surface area (Å²) in [5.74, 6) is 2.16. The summed E-state index contributed by atoms with van der Waals surface area (Å²) in [6, 6.07) is 11.7. The van der Waals surface area contributed by atoms with Crippen molar-refractivity contribution in [3.05, 3.63) is 47.5 Å². The fraction of sp³-hybridized carbons (Fsp3) is 0.316. The zero-order valence-corrected chi connectivity index (χ0v) is 13.5. The van der Waals surface area contributed by atoms with E-state index < -0.39 is 0 Å². The SMILES string of the molecule is CCOc1ccccc1[C@@H]1CC(=O)Nc2cc3c(cc21)OCCO3. The number of carbonyl (C=O) groups excluding carboxylic acids is 1. The largest absolute Gasteiger partial charge is 0.494 e. The van der Waals surface area contributed by atoms with Gasteiger partial charge in [-0.2, -0.15) is 0 Å². The highest BCUT2D eigenvalue weighted by atomic mass is 16.6. The molecule has 2 aromatic rings. The Bertz CT molecular complexity index is 787. The molecular weight excluding hydrogens is 306 g/mol. The van der Waals surface area contributed by atoms with Crippen LogP contribution in [0.5, 0.6) is 17.2 Å². The zero-order chi connectivity index (χ0) is 16.5. The van der Waals surface area contributed by atoms with Gasteiger partial charge < -0.3 is 19.5 Å². The first-order valence-electron chi connectivity index (χ1n) is 8.21. The number of nitrogens with one attached hydrogen (secondary N) is 1. The van der Waals surface area contributed by atoms with Gasteiger partial charge in [0, 0.05) is 29.7 Å². The Kier molecular flexibility index (Phi) is 3.76. The highest BCUT2D eigenvalue weighted by molar-refractivity contribution is 5.96. The van der Waals surface area contributed by atoms with E-state index in [4.69, 9.17) is 14.2 Å². The van der Waals surface area contributed by atoms with Crippen LogP contribution in [0.2, 0.25) is 0 Å². The molecule has 2 aromatic carbocycles. The van der Waals surface area contributed by atoms with Crippen molar-refractivity contribution in [2.75, 3.05) is 25.1 Å². The van der Waals surface area contributed by atoms with Crippen LogP contribution in [0.4, 0.5) is 5.69 Å². The van der Waals surface area contributed by atoms with Gasteiger partial charge in [-0.1, -0.05) is 18.2 Å². The number of hydrogen-bond donors (Lipinski definition) is 1. The summed E-state index contributed by atoms with van der Waals surface area (Å²) in [5, 5.41) is 2.95. The molecule has 0 aromatic heterocycles. The van der Waals surface area contributed by atoms with E-state index >= 15 is 0 Å². The number of hydrogen-bond acceptors (Lipinski definition) is 4. The second-order valence-electron chi connectivity index (χ2n) is 5.86. The maximum Gasteiger partial charge on any atom is 0.225 e. The van der Waals surface area contributed by atoms with Crippen LogP contribution in [-0.4, -0.2) is 25.7 Å². The number of anilines is 1. The fourth-order valence-corrected chi connectivity index (χ4v) is 3.33. The molecule has 124 valence electrons. The van der Waals surface area contributed by atoms with E-state index in [1.807, 2.05) is 43.3 Å². The third-order valence-corrected chi connectivity index (χ3v) is 4.35.